The molecule has 65 heavy (non-hydrogen) atoms. The van der Waals surface area contributed by atoms with E-state index in [4.69, 9.17) is 14.2 Å². The van der Waals surface area contributed by atoms with Crippen molar-refractivity contribution in [2.75, 3.05) is 13.2 Å². The third-order valence-electron chi connectivity index (χ3n) is 13.6. The lowest BCUT2D eigenvalue weighted by Crippen LogP contribution is -2.30. The van der Waals surface area contributed by atoms with Gasteiger partial charge in [0.2, 0.25) is 0 Å². The fourth-order valence-electron chi connectivity index (χ4n) is 9.15. The summed E-state index contributed by atoms with van der Waals surface area (Å²) >= 11 is 0. The zero-order chi connectivity index (χ0) is 47.2. The summed E-state index contributed by atoms with van der Waals surface area (Å²) in [6.07, 6.45) is 61.1. The first-order valence-electron chi connectivity index (χ1n) is 29.5. The van der Waals surface area contributed by atoms with Gasteiger partial charge in [-0.3, -0.25) is 14.4 Å². The quantitative estimate of drug-likeness (QED) is 0.0344. The van der Waals surface area contributed by atoms with Gasteiger partial charge in [-0.05, 0) is 19.3 Å². The maximum absolute atomic E-state index is 12.8. The summed E-state index contributed by atoms with van der Waals surface area (Å²) in [5, 5.41) is 0. The minimum absolute atomic E-state index is 0.0613. The Morgan fingerprint density at radius 2 is 0.415 bits per heavy atom. The SMILES string of the molecule is CCCCCCCCCCCCCCCCCCCCCCCCCC(=O)OCC(COC(=O)CCCCCCCCCCCC)OC(=O)CCCCCCCCCCCCCCCC. The van der Waals surface area contributed by atoms with E-state index in [2.05, 4.69) is 20.8 Å². The average Bonchev–Trinajstić information content (AvgIpc) is 3.30. The summed E-state index contributed by atoms with van der Waals surface area (Å²) in [6, 6.07) is 0. The molecule has 6 nitrogen and oxygen atoms in total. The number of hydrogen-bond donors (Lipinski definition) is 0. The summed E-state index contributed by atoms with van der Waals surface area (Å²) in [6.45, 7) is 6.69. The van der Waals surface area contributed by atoms with Gasteiger partial charge in [0.25, 0.3) is 0 Å². The van der Waals surface area contributed by atoms with E-state index in [0.29, 0.717) is 19.3 Å². The van der Waals surface area contributed by atoms with Gasteiger partial charge in [-0.15, -0.1) is 0 Å². The summed E-state index contributed by atoms with van der Waals surface area (Å²) in [4.78, 5) is 38.0. The number of hydrogen-bond acceptors (Lipinski definition) is 6. The second-order valence-corrected chi connectivity index (χ2v) is 20.3. The molecule has 0 N–H and O–H groups in total. The Hall–Kier alpha value is -1.59. The van der Waals surface area contributed by atoms with E-state index in [1.807, 2.05) is 0 Å². The Bertz CT molecular complexity index is 967. The first-order valence-corrected chi connectivity index (χ1v) is 29.5. The maximum atomic E-state index is 12.8. The standard InChI is InChI=1S/C59H114O6/c1-4-7-10-13-16-19-22-24-26-27-28-29-30-31-32-33-34-36-37-40-43-46-49-52-58(61)64-55-56(54-63-57(60)51-48-45-42-39-21-18-15-12-9-6-3)65-59(62)53-50-47-44-41-38-35-25-23-20-17-14-11-8-5-2/h56H,4-55H2,1-3H3. The van der Waals surface area contributed by atoms with Crippen LogP contribution in [0.1, 0.15) is 342 Å². The van der Waals surface area contributed by atoms with Gasteiger partial charge in [-0.25, -0.2) is 0 Å². The van der Waals surface area contributed by atoms with Gasteiger partial charge in [-0.2, -0.15) is 0 Å². The molecule has 1 atom stereocenters. The van der Waals surface area contributed by atoms with Crippen molar-refractivity contribution in [2.24, 2.45) is 0 Å². The fraction of sp³-hybridized carbons (Fsp3) is 0.949. The molecule has 0 spiro atoms. The van der Waals surface area contributed by atoms with Crippen LogP contribution < -0.4 is 0 Å². The van der Waals surface area contributed by atoms with E-state index in [-0.39, 0.29) is 31.1 Å². The molecule has 1 unspecified atom stereocenters. The molecule has 0 saturated heterocycles. The Balaban J connectivity index is 4.15. The first-order chi connectivity index (χ1) is 32.0. The second kappa shape index (κ2) is 55.0. The van der Waals surface area contributed by atoms with Crippen LogP contribution in [0, 0.1) is 0 Å². The summed E-state index contributed by atoms with van der Waals surface area (Å²) in [5.74, 6) is -0.835. The largest absolute Gasteiger partial charge is 0.462 e. The van der Waals surface area contributed by atoms with Crippen molar-refractivity contribution in [3.63, 3.8) is 0 Å². The lowest BCUT2D eigenvalue weighted by molar-refractivity contribution is -0.167. The van der Waals surface area contributed by atoms with Crippen molar-refractivity contribution in [1.29, 1.82) is 0 Å². The van der Waals surface area contributed by atoms with E-state index in [1.165, 1.54) is 244 Å². The smallest absolute Gasteiger partial charge is 0.306 e. The molecule has 0 bridgehead atoms. The predicted octanol–water partition coefficient (Wildman–Crippen LogP) is 19.5. The number of carbonyl (C=O) groups is 3. The van der Waals surface area contributed by atoms with Crippen LogP contribution in [0.4, 0.5) is 0 Å². The van der Waals surface area contributed by atoms with Crippen LogP contribution in [-0.4, -0.2) is 37.2 Å². The zero-order valence-corrected chi connectivity index (χ0v) is 44.3. The minimum Gasteiger partial charge on any atom is -0.462 e. The molecular weight excluding hydrogens is 805 g/mol. The van der Waals surface area contributed by atoms with Crippen LogP contribution in [-0.2, 0) is 28.6 Å². The highest BCUT2D eigenvalue weighted by Crippen LogP contribution is 2.18. The van der Waals surface area contributed by atoms with E-state index in [1.54, 1.807) is 0 Å². The first kappa shape index (κ1) is 63.4. The topological polar surface area (TPSA) is 78.9 Å². The molecule has 0 fully saturated rings. The predicted molar refractivity (Wildman–Crippen MR) is 280 cm³/mol. The second-order valence-electron chi connectivity index (χ2n) is 20.3. The number of unbranched alkanes of at least 4 members (excludes halogenated alkanes) is 44. The highest BCUT2D eigenvalue weighted by atomic mass is 16.6. The molecule has 0 aliphatic heterocycles. The van der Waals surface area contributed by atoms with E-state index >= 15 is 0 Å². The molecule has 0 aromatic heterocycles. The lowest BCUT2D eigenvalue weighted by Gasteiger charge is -2.18. The van der Waals surface area contributed by atoms with Crippen molar-refractivity contribution in [3.05, 3.63) is 0 Å². The number of rotatable bonds is 55. The molecule has 0 rings (SSSR count). The van der Waals surface area contributed by atoms with Gasteiger partial charge in [-0.1, -0.05) is 303 Å². The van der Waals surface area contributed by atoms with Gasteiger partial charge in [0.15, 0.2) is 6.10 Å². The summed E-state index contributed by atoms with van der Waals surface area (Å²) < 4.78 is 16.9. The molecule has 6 heteroatoms. The van der Waals surface area contributed by atoms with Crippen LogP contribution in [0.2, 0.25) is 0 Å². The minimum atomic E-state index is -0.760. The van der Waals surface area contributed by atoms with Crippen LogP contribution >= 0.6 is 0 Å². The Labute approximate surface area is 406 Å². The fourth-order valence-corrected chi connectivity index (χ4v) is 9.15. The molecule has 0 aromatic rings. The molecule has 0 aliphatic rings. The molecule has 0 aromatic carbocycles. The normalized spacial score (nSPS) is 11.9. The molecule has 386 valence electrons. The Morgan fingerprint density at radius 1 is 0.246 bits per heavy atom. The van der Waals surface area contributed by atoms with Gasteiger partial charge >= 0.3 is 17.9 Å². The van der Waals surface area contributed by atoms with Crippen LogP contribution in [0.25, 0.3) is 0 Å². The van der Waals surface area contributed by atoms with E-state index in [0.717, 1.165) is 57.8 Å². The van der Waals surface area contributed by atoms with E-state index in [9.17, 15) is 14.4 Å². The van der Waals surface area contributed by atoms with Gasteiger partial charge < -0.3 is 14.2 Å². The third kappa shape index (κ3) is 53.2. The molecule has 0 amide bonds. The monoisotopic (exact) mass is 919 g/mol. The molecule has 0 radical (unpaired) electrons. The van der Waals surface area contributed by atoms with Crippen LogP contribution in [0.15, 0.2) is 0 Å². The summed E-state index contributed by atoms with van der Waals surface area (Å²) in [5.41, 5.74) is 0. The van der Waals surface area contributed by atoms with Gasteiger partial charge in [0.1, 0.15) is 13.2 Å². The van der Waals surface area contributed by atoms with Crippen molar-refractivity contribution in [3.8, 4) is 0 Å². The molecule has 0 aliphatic carbocycles. The van der Waals surface area contributed by atoms with Crippen molar-refractivity contribution < 1.29 is 28.6 Å². The van der Waals surface area contributed by atoms with E-state index < -0.39 is 6.10 Å². The maximum Gasteiger partial charge on any atom is 0.306 e. The van der Waals surface area contributed by atoms with Gasteiger partial charge in [0.05, 0.1) is 0 Å². The van der Waals surface area contributed by atoms with Crippen molar-refractivity contribution in [1.82, 2.24) is 0 Å². The molecule has 0 heterocycles. The van der Waals surface area contributed by atoms with Gasteiger partial charge in [0, 0.05) is 19.3 Å². The van der Waals surface area contributed by atoms with Crippen molar-refractivity contribution in [2.45, 2.75) is 348 Å². The highest BCUT2D eigenvalue weighted by molar-refractivity contribution is 5.71. The number of ether oxygens (including phenoxy) is 3. The third-order valence-corrected chi connectivity index (χ3v) is 13.6. The molecule has 0 saturated carbocycles. The Kier molecular flexibility index (Phi) is 53.7. The highest BCUT2D eigenvalue weighted by Gasteiger charge is 2.19. The van der Waals surface area contributed by atoms with Crippen molar-refractivity contribution >= 4 is 17.9 Å². The number of carbonyl (C=O) groups excluding carboxylic acids is 3. The number of esters is 3. The van der Waals surface area contributed by atoms with Crippen LogP contribution in [0.3, 0.4) is 0 Å². The molecular formula is C59H114O6. The van der Waals surface area contributed by atoms with Crippen LogP contribution in [0.5, 0.6) is 0 Å². The Morgan fingerprint density at radius 3 is 0.615 bits per heavy atom. The average molecular weight is 920 g/mol. The summed E-state index contributed by atoms with van der Waals surface area (Å²) in [7, 11) is 0. The lowest BCUT2D eigenvalue weighted by atomic mass is 10.0. The zero-order valence-electron chi connectivity index (χ0n) is 44.3.